The lowest BCUT2D eigenvalue weighted by molar-refractivity contribution is -0.134. The molecule has 0 spiro atoms. The Morgan fingerprint density at radius 2 is 2.06 bits per heavy atom. The van der Waals surface area contributed by atoms with Gasteiger partial charge in [-0.15, -0.1) is 0 Å². The minimum absolute atomic E-state index is 0.214. The Morgan fingerprint density at radius 1 is 1.35 bits per heavy atom. The number of carbonyl (C=O) groups excluding carboxylic acids is 1. The number of amides is 1. The lowest BCUT2D eigenvalue weighted by atomic mass is 10.3. The molecule has 0 saturated carbocycles. The summed E-state index contributed by atoms with van der Waals surface area (Å²) in [6, 6.07) is 3.67. The van der Waals surface area contributed by atoms with Crippen LogP contribution in [-0.4, -0.2) is 53.7 Å². The number of hydrogen-bond acceptors (Lipinski definition) is 4. The van der Waals surface area contributed by atoms with Gasteiger partial charge in [0.2, 0.25) is 5.91 Å². The molecule has 1 amide bonds. The van der Waals surface area contributed by atoms with E-state index in [0.717, 1.165) is 18.9 Å². The maximum absolute atomic E-state index is 11.3. The smallest absolute Gasteiger partial charge is 0.248 e. The van der Waals surface area contributed by atoms with Crippen molar-refractivity contribution >= 4 is 23.3 Å². The van der Waals surface area contributed by atoms with Crippen LogP contribution in [-0.2, 0) is 4.79 Å². The van der Waals surface area contributed by atoms with Gasteiger partial charge in [-0.25, -0.2) is 4.98 Å². The maximum atomic E-state index is 11.3. The summed E-state index contributed by atoms with van der Waals surface area (Å²) in [4.78, 5) is 19.3. The van der Waals surface area contributed by atoms with Crippen molar-refractivity contribution in [1.82, 2.24) is 9.88 Å². The van der Waals surface area contributed by atoms with Crippen LogP contribution >= 0.6 is 11.6 Å². The molecule has 0 unspecified atom stereocenters. The van der Waals surface area contributed by atoms with Crippen LogP contribution in [0.2, 0.25) is 5.02 Å². The van der Waals surface area contributed by atoms with Crippen LogP contribution in [0.3, 0.4) is 0 Å². The van der Waals surface area contributed by atoms with Crippen molar-refractivity contribution < 1.29 is 9.90 Å². The Kier molecular flexibility index (Phi) is 3.81. The molecule has 1 aromatic rings. The van der Waals surface area contributed by atoms with Gasteiger partial charge in [0.1, 0.15) is 12.4 Å². The molecule has 1 aliphatic heterocycles. The lowest BCUT2D eigenvalue weighted by Gasteiger charge is -2.35. The van der Waals surface area contributed by atoms with Crippen LogP contribution in [0.15, 0.2) is 18.3 Å². The van der Waals surface area contributed by atoms with Crippen molar-refractivity contribution in [3.05, 3.63) is 23.4 Å². The molecule has 1 aromatic heterocycles. The monoisotopic (exact) mass is 255 g/mol. The molecule has 1 aliphatic rings. The van der Waals surface area contributed by atoms with E-state index in [2.05, 4.69) is 9.88 Å². The Balaban J connectivity index is 1.95. The lowest BCUT2D eigenvalue weighted by Crippen LogP contribution is -2.49. The SMILES string of the molecule is O=C(CO)N1CCN(c2ccc(Cl)cn2)CC1. The fourth-order valence-corrected chi connectivity index (χ4v) is 1.95. The van der Waals surface area contributed by atoms with E-state index in [1.54, 1.807) is 17.2 Å². The minimum atomic E-state index is -0.417. The number of pyridine rings is 1. The summed E-state index contributed by atoms with van der Waals surface area (Å²) in [5.74, 6) is 0.652. The molecule has 1 fully saturated rings. The van der Waals surface area contributed by atoms with E-state index in [-0.39, 0.29) is 5.91 Å². The molecule has 17 heavy (non-hydrogen) atoms. The number of aliphatic hydroxyl groups excluding tert-OH is 1. The van der Waals surface area contributed by atoms with Crippen molar-refractivity contribution in [1.29, 1.82) is 0 Å². The molecule has 6 heteroatoms. The Bertz CT molecular complexity index is 388. The van der Waals surface area contributed by atoms with E-state index in [4.69, 9.17) is 16.7 Å². The summed E-state index contributed by atoms with van der Waals surface area (Å²) in [5, 5.41) is 9.38. The number of piperazine rings is 1. The number of aromatic nitrogens is 1. The number of halogens is 1. The molecule has 0 aliphatic carbocycles. The highest BCUT2D eigenvalue weighted by atomic mass is 35.5. The first-order chi connectivity index (χ1) is 8.20. The quantitative estimate of drug-likeness (QED) is 0.830. The Labute approximate surface area is 105 Å². The first kappa shape index (κ1) is 12.1. The first-order valence-corrected chi connectivity index (χ1v) is 5.83. The number of anilines is 1. The third-order valence-corrected chi connectivity index (χ3v) is 3.03. The molecule has 0 bridgehead atoms. The van der Waals surface area contributed by atoms with Gasteiger partial charge in [-0.2, -0.15) is 0 Å². The maximum Gasteiger partial charge on any atom is 0.248 e. The zero-order valence-electron chi connectivity index (χ0n) is 9.34. The minimum Gasteiger partial charge on any atom is -0.387 e. The molecule has 1 saturated heterocycles. The van der Waals surface area contributed by atoms with Gasteiger partial charge in [0, 0.05) is 32.4 Å². The van der Waals surface area contributed by atoms with Gasteiger partial charge in [0.15, 0.2) is 0 Å². The van der Waals surface area contributed by atoms with E-state index in [1.165, 1.54) is 0 Å². The van der Waals surface area contributed by atoms with Gasteiger partial charge in [0.05, 0.1) is 5.02 Å². The molecule has 5 nitrogen and oxygen atoms in total. The van der Waals surface area contributed by atoms with E-state index < -0.39 is 6.61 Å². The number of nitrogens with zero attached hydrogens (tertiary/aromatic N) is 3. The molecule has 92 valence electrons. The molecule has 2 rings (SSSR count). The van der Waals surface area contributed by atoms with Gasteiger partial charge in [-0.05, 0) is 12.1 Å². The highest BCUT2D eigenvalue weighted by molar-refractivity contribution is 6.30. The summed E-state index contributed by atoms with van der Waals surface area (Å²) in [6.07, 6.45) is 1.61. The van der Waals surface area contributed by atoms with Gasteiger partial charge in [-0.3, -0.25) is 4.79 Å². The number of hydrogen-bond donors (Lipinski definition) is 1. The summed E-state index contributed by atoms with van der Waals surface area (Å²) >= 11 is 5.77. The molecule has 1 N–H and O–H groups in total. The van der Waals surface area contributed by atoms with Crippen LogP contribution < -0.4 is 4.90 Å². The molecular weight excluding hydrogens is 242 g/mol. The van der Waals surface area contributed by atoms with E-state index in [0.29, 0.717) is 18.1 Å². The second-order valence-corrected chi connectivity index (χ2v) is 4.30. The fraction of sp³-hybridized carbons (Fsp3) is 0.455. The molecule has 2 heterocycles. The first-order valence-electron chi connectivity index (χ1n) is 5.46. The van der Waals surface area contributed by atoms with Crippen molar-refractivity contribution in [2.45, 2.75) is 0 Å². The summed E-state index contributed by atoms with van der Waals surface area (Å²) in [7, 11) is 0. The van der Waals surface area contributed by atoms with Gasteiger partial charge in [-0.1, -0.05) is 11.6 Å². The van der Waals surface area contributed by atoms with Crippen LogP contribution in [0.25, 0.3) is 0 Å². The number of aliphatic hydroxyl groups is 1. The normalized spacial score (nSPS) is 16.1. The second-order valence-electron chi connectivity index (χ2n) is 3.86. The van der Waals surface area contributed by atoms with E-state index in [1.807, 2.05) is 6.07 Å². The largest absolute Gasteiger partial charge is 0.387 e. The average molecular weight is 256 g/mol. The van der Waals surface area contributed by atoms with E-state index in [9.17, 15) is 4.79 Å². The molecule has 0 atom stereocenters. The van der Waals surface area contributed by atoms with Crippen LogP contribution in [0, 0.1) is 0 Å². The van der Waals surface area contributed by atoms with Crippen molar-refractivity contribution in [2.24, 2.45) is 0 Å². The molecular formula is C11H14ClN3O2. The fourth-order valence-electron chi connectivity index (χ4n) is 1.84. The average Bonchev–Trinajstić information content (AvgIpc) is 2.39. The second kappa shape index (κ2) is 5.33. The van der Waals surface area contributed by atoms with Crippen molar-refractivity contribution in [3.63, 3.8) is 0 Å². The van der Waals surface area contributed by atoms with E-state index >= 15 is 0 Å². The van der Waals surface area contributed by atoms with Gasteiger partial charge < -0.3 is 14.9 Å². The van der Waals surface area contributed by atoms with Crippen LogP contribution in [0.4, 0.5) is 5.82 Å². The zero-order chi connectivity index (χ0) is 12.3. The van der Waals surface area contributed by atoms with Crippen LogP contribution in [0.5, 0.6) is 0 Å². The predicted octanol–water partition coefficient (Wildman–Crippen LogP) is 0.376. The zero-order valence-corrected chi connectivity index (χ0v) is 10.1. The highest BCUT2D eigenvalue weighted by Gasteiger charge is 2.20. The number of rotatable bonds is 2. The Hall–Kier alpha value is -1.33. The third kappa shape index (κ3) is 2.87. The van der Waals surface area contributed by atoms with Gasteiger partial charge >= 0.3 is 0 Å². The number of carbonyl (C=O) groups is 1. The predicted molar refractivity (Wildman–Crippen MR) is 65.1 cm³/mol. The standard InChI is InChI=1S/C11H14ClN3O2/c12-9-1-2-10(13-7-9)14-3-5-15(6-4-14)11(17)8-16/h1-2,7,16H,3-6,8H2. The Morgan fingerprint density at radius 3 is 2.59 bits per heavy atom. The molecule has 0 radical (unpaired) electrons. The summed E-state index contributed by atoms with van der Waals surface area (Å²) in [5.41, 5.74) is 0. The van der Waals surface area contributed by atoms with Crippen molar-refractivity contribution in [2.75, 3.05) is 37.7 Å². The van der Waals surface area contributed by atoms with Crippen LogP contribution in [0.1, 0.15) is 0 Å². The third-order valence-electron chi connectivity index (χ3n) is 2.80. The molecule has 0 aromatic carbocycles. The summed E-state index contributed by atoms with van der Waals surface area (Å²) < 4.78 is 0. The highest BCUT2D eigenvalue weighted by Crippen LogP contribution is 2.16. The van der Waals surface area contributed by atoms with Crippen molar-refractivity contribution in [3.8, 4) is 0 Å². The topological polar surface area (TPSA) is 56.7 Å². The summed E-state index contributed by atoms with van der Waals surface area (Å²) in [6.45, 7) is 2.26. The van der Waals surface area contributed by atoms with Gasteiger partial charge in [0.25, 0.3) is 0 Å².